The molecular formula is C23H28N4O3. The number of allylic oxidation sites excluding steroid dienone is 2. The highest BCUT2D eigenvalue weighted by atomic mass is 16.5. The lowest BCUT2D eigenvalue weighted by atomic mass is 9.90. The van der Waals surface area contributed by atoms with Crippen LogP contribution in [0.4, 0.5) is 0 Å². The Labute approximate surface area is 176 Å². The largest absolute Gasteiger partial charge is 0.497 e. The number of benzene rings is 1. The zero-order chi connectivity index (χ0) is 21.1. The van der Waals surface area contributed by atoms with Crippen LogP contribution >= 0.6 is 0 Å². The molecule has 7 heteroatoms. The van der Waals surface area contributed by atoms with Crippen LogP contribution in [0.3, 0.4) is 0 Å². The molecule has 1 aromatic heterocycles. The maximum absolute atomic E-state index is 12.8. The van der Waals surface area contributed by atoms with Gasteiger partial charge in [0.25, 0.3) is 5.91 Å². The Morgan fingerprint density at radius 1 is 1.13 bits per heavy atom. The number of hydrogen-bond donors (Lipinski definition) is 2. The average Bonchev–Trinajstić information content (AvgIpc) is 3.25. The van der Waals surface area contributed by atoms with E-state index in [0.717, 1.165) is 49.2 Å². The van der Waals surface area contributed by atoms with Crippen molar-refractivity contribution in [2.45, 2.75) is 38.0 Å². The molecule has 4 rings (SSSR count). The molecular weight excluding hydrogens is 380 g/mol. The quantitative estimate of drug-likeness (QED) is 0.742. The maximum atomic E-state index is 12.8. The van der Waals surface area contributed by atoms with Crippen molar-refractivity contribution >= 4 is 11.8 Å². The molecule has 2 heterocycles. The molecule has 158 valence electrons. The van der Waals surface area contributed by atoms with Gasteiger partial charge in [0.15, 0.2) is 0 Å². The SMILES string of the molecule is COc1ccc(-c2nc(C3CCN(C(=O)C4CC=CCC4)CC3)[nH]c2C(N)=O)cc1. The molecule has 0 saturated carbocycles. The number of carbonyl (C=O) groups excluding carboxylic acids is 2. The number of nitrogens with two attached hydrogens (primary N) is 1. The number of aromatic nitrogens is 2. The molecule has 1 aliphatic heterocycles. The van der Waals surface area contributed by atoms with Gasteiger partial charge in [-0.25, -0.2) is 4.98 Å². The van der Waals surface area contributed by atoms with Crippen LogP contribution in [0.25, 0.3) is 11.3 Å². The Morgan fingerprint density at radius 3 is 2.47 bits per heavy atom. The van der Waals surface area contributed by atoms with E-state index in [1.807, 2.05) is 29.2 Å². The van der Waals surface area contributed by atoms with Crippen LogP contribution in [0, 0.1) is 5.92 Å². The maximum Gasteiger partial charge on any atom is 0.267 e. The van der Waals surface area contributed by atoms with Gasteiger partial charge in [-0.3, -0.25) is 9.59 Å². The Balaban J connectivity index is 1.47. The standard InChI is InChI=1S/C23H28N4O3/c1-30-18-9-7-15(8-10-18)19-20(21(24)28)26-22(25-19)16-11-13-27(14-12-16)23(29)17-5-3-2-4-6-17/h2-3,7-10,16-17H,4-6,11-14H2,1H3,(H2,24,28)(H,25,26). The number of nitrogens with one attached hydrogen (secondary N) is 1. The fourth-order valence-corrected chi connectivity index (χ4v) is 4.37. The minimum Gasteiger partial charge on any atom is -0.497 e. The fourth-order valence-electron chi connectivity index (χ4n) is 4.37. The van der Waals surface area contributed by atoms with E-state index in [-0.39, 0.29) is 17.7 Å². The van der Waals surface area contributed by atoms with Crippen LogP contribution in [-0.2, 0) is 4.79 Å². The predicted molar refractivity (Wildman–Crippen MR) is 114 cm³/mol. The van der Waals surface area contributed by atoms with Gasteiger partial charge in [0.1, 0.15) is 23.0 Å². The summed E-state index contributed by atoms with van der Waals surface area (Å²) in [5.74, 6) is 1.54. The first-order valence-electron chi connectivity index (χ1n) is 10.5. The Hall–Kier alpha value is -3.09. The lowest BCUT2D eigenvalue weighted by Gasteiger charge is -2.34. The first-order valence-corrected chi connectivity index (χ1v) is 10.5. The number of hydrogen-bond acceptors (Lipinski definition) is 4. The summed E-state index contributed by atoms with van der Waals surface area (Å²) in [5.41, 5.74) is 7.30. The molecule has 1 fully saturated rings. The predicted octanol–water partition coefficient (Wildman–Crippen LogP) is 3.25. The molecule has 1 saturated heterocycles. The van der Waals surface area contributed by atoms with E-state index in [1.165, 1.54) is 0 Å². The summed E-state index contributed by atoms with van der Waals surface area (Å²) >= 11 is 0. The summed E-state index contributed by atoms with van der Waals surface area (Å²) in [7, 11) is 1.61. The Morgan fingerprint density at radius 2 is 1.87 bits per heavy atom. The van der Waals surface area contributed by atoms with Gasteiger partial charge in [-0.05, 0) is 56.4 Å². The van der Waals surface area contributed by atoms with Crippen molar-refractivity contribution in [1.82, 2.24) is 14.9 Å². The van der Waals surface area contributed by atoms with Crippen molar-refractivity contribution in [3.05, 3.63) is 47.9 Å². The van der Waals surface area contributed by atoms with Crippen molar-refractivity contribution < 1.29 is 14.3 Å². The lowest BCUT2D eigenvalue weighted by molar-refractivity contribution is -0.136. The number of amides is 2. The molecule has 0 bridgehead atoms. The number of rotatable bonds is 5. The van der Waals surface area contributed by atoms with Crippen LogP contribution < -0.4 is 10.5 Å². The van der Waals surface area contributed by atoms with E-state index in [4.69, 9.17) is 15.5 Å². The van der Waals surface area contributed by atoms with E-state index in [0.29, 0.717) is 24.5 Å². The molecule has 1 aliphatic carbocycles. The number of H-pyrrole nitrogens is 1. The molecule has 1 aromatic carbocycles. The lowest BCUT2D eigenvalue weighted by Crippen LogP contribution is -2.41. The van der Waals surface area contributed by atoms with E-state index in [1.54, 1.807) is 7.11 Å². The number of ether oxygens (including phenoxy) is 1. The first-order chi connectivity index (χ1) is 14.6. The fraction of sp³-hybridized carbons (Fsp3) is 0.435. The second kappa shape index (κ2) is 8.73. The Bertz CT molecular complexity index is 940. The highest BCUT2D eigenvalue weighted by Crippen LogP contribution is 2.32. The molecule has 3 N–H and O–H groups in total. The van der Waals surface area contributed by atoms with Crippen molar-refractivity contribution in [2.24, 2.45) is 11.7 Å². The van der Waals surface area contributed by atoms with E-state index >= 15 is 0 Å². The molecule has 30 heavy (non-hydrogen) atoms. The normalized spacial score (nSPS) is 19.6. The minimum absolute atomic E-state index is 0.123. The zero-order valence-electron chi connectivity index (χ0n) is 17.3. The summed E-state index contributed by atoms with van der Waals surface area (Å²) < 4.78 is 5.20. The van der Waals surface area contributed by atoms with E-state index in [9.17, 15) is 9.59 Å². The third-order valence-electron chi connectivity index (χ3n) is 6.14. The number of piperidine rings is 1. The zero-order valence-corrected chi connectivity index (χ0v) is 17.3. The van der Waals surface area contributed by atoms with Gasteiger partial charge in [-0.15, -0.1) is 0 Å². The van der Waals surface area contributed by atoms with Crippen LogP contribution in [0.5, 0.6) is 5.75 Å². The number of likely N-dealkylation sites (tertiary alicyclic amines) is 1. The number of methoxy groups -OCH3 is 1. The second-order valence-corrected chi connectivity index (χ2v) is 8.02. The molecule has 0 radical (unpaired) electrons. The van der Waals surface area contributed by atoms with Gasteiger partial charge in [0.05, 0.1) is 7.11 Å². The smallest absolute Gasteiger partial charge is 0.267 e. The average molecular weight is 409 g/mol. The Kier molecular flexibility index (Phi) is 5.88. The van der Waals surface area contributed by atoms with Gasteiger partial charge in [0, 0.05) is 30.5 Å². The third-order valence-corrected chi connectivity index (χ3v) is 6.14. The molecule has 2 amide bonds. The van der Waals surface area contributed by atoms with Crippen molar-refractivity contribution in [3.63, 3.8) is 0 Å². The van der Waals surface area contributed by atoms with Crippen molar-refractivity contribution in [1.29, 1.82) is 0 Å². The molecule has 7 nitrogen and oxygen atoms in total. The van der Waals surface area contributed by atoms with Gasteiger partial charge in [-0.1, -0.05) is 12.2 Å². The van der Waals surface area contributed by atoms with Crippen molar-refractivity contribution in [3.8, 4) is 17.0 Å². The van der Waals surface area contributed by atoms with Crippen LogP contribution in [0.1, 0.15) is 54.3 Å². The highest BCUT2D eigenvalue weighted by molar-refractivity contribution is 5.97. The van der Waals surface area contributed by atoms with E-state index < -0.39 is 5.91 Å². The van der Waals surface area contributed by atoms with Gasteiger partial charge >= 0.3 is 0 Å². The second-order valence-electron chi connectivity index (χ2n) is 8.02. The number of carbonyl (C=O) groups is 2. The molecule has 1 atom stereocenters. The summed E-state index contributed by atoms with van der Waals surface area (Å²) in [6, 6.07) is 7.40. The monoisotopic (exact) mass is 408 g/mol. The number of aromatic amines is 1. The molecule has 0 spiro atoms. The summed E-state index contributed by atoms with van der Waals surface area (Å²) in [6.07, 6.45) is 8.70. The van der Waals surface area contributed by atoms with Gasteiger partial charge in [-0.2, -0.15) is 0 Å². The van der Waals surface area contributed by atoms with Gasteiger partial charge < -0.3 is 20.4 Å². The highest BCUT2D eigenvalue weighted by Gasteiger charge is 2.30. The van der Waals surface area contributed by atoms with Gasteiger partial charge in [0.2, 0.25) is 5.91 Å². The van der Waals surface area contributed by atoms with Crippen LogP contribution in [0.15, 0.2) is 36.4 Å². The number of primary amides is 1. The van der Waals surface area contributed by atoms with Crippen LogP contribution in [-0.4, -0.2) is 46.9 Å². The minimum atomic E-state index is -0.530. The van der Waals surface area contributed by atoms with Crippen LogP contribution in [0.2, 0.25) is 0 Å². The first kappa shape index (κ1) is 20.2. The number of nitrogens with zero attached hydrogens (tertiary/aromatic N) is 2. The number of imidazole rings is 1. The summed E-state index contributed by atoms with van der Waals surface area (Å²) in [4.78, 5) is 34.7. The topological polar surface area (TPSA) is 101 Å². The van der Waals surface area contributed by atoms with Crippen molar-refractivity contribution in [2.75, 3.05) is 20.2 Å². The summed E-state index contributed by atoms with van der Waals surface area (Å²) in [5, 5.41) is 0. The molecule has 2 aliphatic rings. The molecule has 1 unspecified atom stereocenters. The molecule has 2 aromatic rings. The third kappa shape index (κ3) is 4.10. The summed E-state index contributed by atoms with van der Waals surface area (Å²) in [6.45, 7) is 1.43. The van der Waals surface area contributed by atoms with E-state index in [2.05, 4.69) is 17.1 Å².